The zero-order chi connectivity index (χ0) is 31.0. The third-order valence-electron chi connectivity index (χ3n) is 7.17. The fourth-order valence-corrected chi connectivity index (χ4v) is 5.21. The monoisotopic (exact) mass is 605 g/mol. The summed E-state index contributed by atoms with van der Waals surface area (Å²) in [6, 6.07) is 6.75. The first-order chi connectivity index (χ1) is 19.7. The predicted octanol–water partition coefficient (Wildman–Crippen LogP) is 4.01. The van der Waals surface area contributed by atoms with E-state index in [9.17, 15) is 19.2 Å². The van der Waals surface area contributed by atoms with Crippen LogP contribution in [0.15, 0.2) is 24.3 Å². The molecule has 2 fully saturated rings. The molecule has 0 aromatic heterocycles. The molecule has 2 aliphatic rings. The summed E-state index contributed by atoms with van der Waals surface area (Å²) in [6.07, 6.45) is 0.876. The molecule has 2 saturated heterocycles. The van der Waals surface area contributed by atoms with E-state index in [-0.39, 0.29) is 35.1 Å². The van der Waals surface area contributed by atoms with Gasteiger partial charge in [-0.15, -0.1) is 5.06 Å². The van der Waals surface area contributed by atoms with E-state index in [4.69, 9.17) is 37.0 Å². The van der Waals surface area contributed by atoms with Gasteiger partial charge in [-0.3, -0.25) is 14.4 Å². The highest BCUT2D eigenvalue weighted by Crippen LogP contribution is 2.27. The van der Waals surface area contributed by atoms with Gasteiger partial charge in [0.1, 0.15) is 10.6 Å². The molecule has 2 unspecified atom stereocenters. The molecule has 2 heterocycles. The predicted molar refractivity (Wildman–Crippen MR) is 158 cm³/mol. The molecule has 1 aromatic carbocycles. The van der Waals surface area contributed by atoms with Crippen molar-refractivity contribution in [3.63, 3.8) is 0 Å². The SMILES string of the molecule is CC(=O)OC(OC1CCN(C(=O)[C@H](C)CC(=O)c2ccc(C(N)=S)cc2)CC1)C1CCCN(OC(=O)OC(C)(C)C)C1. The van der Waals surface area contributed by atoms with Gasteiger partial charge in [0.2, 0.25) is 12.2 Å². The van der Waals surface area contributed by atoms with Crippen molar-refractivity contribution < 1.29 is 38.2 Å². The quantitative estimate of drug-likeness (QED) is 0.179. The summed E-state index contributed by atoms with van der Waals surface area (Å²) in [5, 5.41) is 1.52. The van der Waals surface area contributed by atoms with Crippen molar-refractivity contribution in [3.8, 4) is 0 Å². The minimum Gasteiger partial charge on any atom is -0.436 e. The second-order valence-electron chi connectivity index (χ2n) is 12.0. The van der Waals surface area contributed by atoms with Gasteiger partial charge in [0.05, 0.1) is 6.10 Å². The number of hydrogen-bond acceptors (Lipinski definition) is 10. The van der Waals surface area contributed by atoms with Crippen LogP contribution in [0.2, 0.25) is 0 Å². The van der Waals surface area contributed by atoms with Crippen LogP contribution in [0, 0.1) is 11.8 Å². The van der Waals surface area contributed by atoms with Crippen LogP contribution in [0.5, 0.6) is 0 Å². The first kappa shape index (κ1) is 33.4. The molecule has 42 heavy (non-hydrogen) atoms. The second-order valence-corrected chi connectivity index (χ2v) is 12.4. The van der Waals surface area contributed by atoms with E-state index in [0.717, 1.165) is 12.8 Å². The molecule has 1 amide bonds. The summed E-state index contributed by atoms with van der Waals surface area (Å²) in [5.74, 6) is -1.34. The van der Waals surface area contributed by atoms with E-state index in [0.29, 0.717) is 50.1 Å². The molecule has 2 aliphatic heterocycles. The smallest absolute Gasteiger partial charge is 0.436 e. The molecule has 1 aromatic rings. The highest BCUT2D eigenvalue weighted by molar-refractivity contribution is 7.80. The number of rotatable bonds is 10. The number of nitrogens with zero attached hydrogens (tertiary/aromatic N) is 2. The fraction of sp³-hybridized carbons (Fsp3) is 0.633. The summed E-state index contributed by atoms with van der Waals surface area (Å²) in [5.41, 5.74) is 6.14. The van der Waals surface area contributed by atoms with Crippen LogP contribution in [0.3, 0.4) is 0 Å². The lowest BCUT2D eigenvalue weighted by molar-refractivity contribution is -0.230. The fourth-order valence-electron chi connectivity index (χ4n) is 5.07. The van der Waals surface area contributed by atoms with E-state index >= 15 is 0 Å². The lowest BCUT2D eigenvalue weighted by atomic mass is 9.96. The molecular weight excluding hydrogens is 562 g/mol. The van der Waals surface area contributed by atoms with Crippen LogP contribution in [0.1, 0.15) is 82.6 Å². The first-order valence-electron chi connectivity index (χ1n) is 14.4. The number of esters is 1. The maximum atomic E-state index is 13.1. The number of piperidine rings is 2. The molecule has 3 atom stereocenters. The highest BCUT2D eigenvalue weighted by atomic mass is 32.1. The Hall–Kier alpha value is -3.09. The Kier molecular flexibility index (Phi) is 11.8. The average Bonchev–Trinajstić information content (AvgIpc) is 2.91. The Morgan fingerprint density at radius 2 is 1.64 bits per heavy atom. The number of carbonyl (C=O) groups is 4. The first-order valence-corrected chi connectivity index (χ1v) is 14.8. The lowest BCUT2D eigenvalue weighted by Crippen LogP contribution is -2.47. The van der Waals surface area contributed by atoms with E-state index in [2.05, 4.69) is 0 Å². The molecule has 11 nitrogen and oxygen atoms in total. The standard InChI is InChI=1S/C30H43N3O8S/c1-19(17-25(35)21-8-10-22(11-9-21)26(31)42)27(36)32-15-12-24(13-16-32)39-28(38-20(2)34)23-7-6-14-33(18-23)41-29(37)40-30(3,4)5/h8-11,19,23-24,28H,6-7,12-18H2,1-5H3,(H2,31,42)/t19-,23?,28?/m1/s1. The van der Waals surface area contributed by atoms with Gasteiger partial charge in [0.25, 0.3) is 0 Å². The minimum absolute atomic E-state index is 0.0830. The van der Waals surface area contributed by atoms with Gasteiger partial charge >= 0.3 is 12.1 Å². The molecule has 0 radical (unpaired) electrons. The van der Waals surface area contributed by atoms with Crippen molar-refractivity contribution in [1.82, 2.24) is 9.96 Å². The number of Topliss-reactive ketones (excluding diaryl/α,β-unsaturated/α-hetero) is 1. The maximum absolute atomic E-state index is 13.1. The Bertz CT molecular complexity index is 1130. The van der Waals surface area contributed by atoms with Crippen LogP contribution in [0.25, 0.3) is 0 Å². The second kappa shape index (κ2) is 14.9. The summed E-state index contributed by atoms with van der Waals surface area (Å²) in [4.78, 5) is 57.3. The lowest BCUT2D eigenvalue weighted by Gasteiger charge is -2.38. The normalized spacial score (nSPS) is 19.8. The Morgan fingerprint density at radius 3 is 2.21 bits per heavy atom. The zero-order valence-electron chi connectivity index (χ0n) is 25.1. The van der Waals surface area contributed by atoms with Crippen LogP contribution >= 0.6 is 12.2 Å². The number of ether oxygens (including phenoxy) is 3. The molecule has 0 aliphatic carbocycles. The number of nitrogens with two attached hydrogens (primary N) is 1. The molecule has 2 N–H and O–H groups in total. The number of benzene rings is 1. The van der Waals surface area contributed by atoms with Crippen molar-refractivity contribution in [2.75, 3.05) is 26.2 Å². The van der Waals surface area contributed by atoms with Crippen molar-refractivity contribution in [1.29, 1.82) is 0 Å². The van der Waals surface area contributed by atoms with E-state index in [1.165, 1.54) is 12.0 Å². The van der Waals surface area contributed by atoms with Gasteiger partial charge in [-0.2, -0.15) is 0 Å². The van der Waals surface area contributed by atoms with Crippen LogP contribution in [0.4, 0.5) is 4.79 Å². The van der Waals surface area contributed by atoms with Gasteiger partial charge in [-0.1, -0.05) is 43.4 Å². The van der Waals surface area contributed by atoms with Gasteiger partial charge < -0.3 is 29.7 Å². The highest BCUT2D eigenvalue weighted by Gasteiger charge is 2.36. The Morgan fingerprint density at radius 1 is 1.02 bits per heavy atom. The van der Waals surface area contributed by atoms with Crippen LogP contribution in [-0.2, 0) is 28.6 Å². The number of hydroxylamine groups is 2. The number of hydrogen-bond donors (Lipinski definition) is 1. The number of ketones is 1. The molecule has 12 heteroatoms. The summed E-state index contributed by atoms with van der Waals surface area (Å²) in [7, 11) is 0. The number of amides is 1. The third-order valence-corrected chi connectivity index (χ3v) is 7.40. The number of carbonyl (C=O) groups excluding carboxylic acids is 4. The average molecular weight is 606 g/mol. The summed E-state index contributed by atoms with van der Waals surface area (Å²) in [6.45, 7) is 10.2. The van der Waals surface area contributed by atoms with Crippen molar-refractivity contribution in [2.24, 2.45) is 17.6 Å². The molecular formula is C30H43N3O8S. The van der Waals surface area contributed by atoms with Crippen molar-refractivity contribution in [2.45, 2.75) is 84.7 Å². The van der Waals surface area contributed by atoms with Crippen LogP contribution < -0.4 is 5.73 Å². The largest absolute Gasteiger partial charge is 0.528 e. The van der Waals surface area contributed by atoms with E-state index in [1.807, 2.05) is 0 Å². The van der Waals surface area contributed by atoms with Crippen molar-refractivity contribution in [3.05, 3.63) is 35.4 Å². The molecule has 232 valence electrons. The van der Waals surface area contributed by atoms with Gasteiger partial charge in [-0.05, 0) is 46.5 Å². The van der Waals surface area contributed by atoms with Gasteiger partial charge in [0.15, 0.2) is 5.78 Å². The van der Waals surface area contributed by atoms with Gasteiger partial charge in [0, 0.05) is 62.5 Å². The Balaban J connectivity index is 1.50. The molecule has 0 saturated carbocycles. The minimum atomic E-state index is -0.809. The molecule has 0 spiro atoms. The number of likely N-dealkylation sites (tertiary alicyclic amines) is 1. The summed E-state index contributed by atoms with van der Waals surface area (Å²) < 4.78 is 17.1. The molecule has 0 bridgehead atoms. The zero-order valence-corrected chi connectivity index (χ0v) is 25.9. The van der Waals surface area contributed by atoms with Crippen LogP contribution in [-0.4, -0.2) is 82.9 Å². The van der Waals surface area contributed by atoms with E-state index < -0.39 is 29.9 Å². The Labute approximate surface area is 252 Å². The van der Waals surface area contributed by atoms with Gasteiger partial charge in [-0.25, -0.2) is 4.79 Å². The summed E-state index contributed by atoms with van der Waals surface area (Å²) >= 11 is 4.95. The third kappa shape index (κ3) is 10.3. The van der Waals surface area contributed by atoms with Crippen molar-refractivity contribution >= 4 is 41.0 Å². The maximum Gasteiger partial charge on any atom is 0.528 e. The molecule has 3 rings (SSSR count). The topological polar surface area (TPSA) is 138 Å². The van der Waals surface area contributed by atoms with E-state index in [1.54, 1.807) is 56.9 Å². The number of thiocarbonyl (C=S) groups is 1.